The van der Waals surface area contributed by atoms with Gasteiger partial charge in [0.25, 0.3) is 5.91 Å². The minimum atomic E-state index is -0.120. The quantitative estimate of drug-likeness (QED) is 0.857. The fraction of sp³-hybridized carbons (Fsp3) is 0.333. The van der Waals surface area contributed by atoms with E-state index in [1.807, 2.05) is 6.92 Å². The first kappa shape index (κ1) is 14.0. The highest BCUT2D eigenvalue weighted by Crippen LogP contribution is 2.24. The van der Waals surface area contributed by atoms with Crippen molar-refractivity contribution in [2.24, 2.45) is 0 Å². The molecule has 3 nitrogen and oxygen atoms in total. The summed E-state index contributed by atoms with van der Waals surface area (Å²) < 4.78 is 0.686. The van der Waals surface area contributed by atoms with Crippen LogP contribution in [0.2, 0.25) is 5.02 Å². The molecule has 1 amide bonds. The van der Waals surface area contributed by atoms with Gasteiger partial charge in [-0.25, -0.2) is 0 Å². The van der Waals surface area contributed by atoms with Crippen LogP contribution in [0.25, 0.3) is 0 Å². The molecule has 1 atom stereocenters. The third-order valence-corrected chi connectivity index (χ3v) is 3.75. The molecule has 0 heterocycles. The first-order chi connectivity index (χ1) is 7.97. The number of amides is 1. The highest BCUT2D eigenvalue weighted by molar-refractivity contribution is 9.10. The minimum absolute atomic E-state index is 0.109. The Kier molecular flexibility index (Phi) is 4.98. The normalized spacial score (nSPS) is 11.7. The van der Waals surface area contributed by atoms with Gasteiger partial charge >= 0.3 is 0 Å². The number of hydrogen-bond donors (Lipinski definition) is 0. The molecule has 1 unspecified atom stereocenters. The zero-order valence-corrected chi connectivity index (χ0v) is 11.9. The van der Waals surface area contributed by atoms with Gasteiger partial charge in [0.05, 0.1) is 17.5 Å². The van der Waals surface area contributed by atoms with Crippen molar-refractivity contribution in [1.82, 2.24) is 4.90 Å². The van der Waals surface area contributed by atoms with Gasteiger partial charge in [-0.1, -0.05) is 11.6 Å². The van der Waals surface area contributed by atoms with Crippen molar-refractivity contribution in [1.29, 1.82) is 5.26 Å². The van der Waals surface area contributed by atoms with Gasteiger partial charge in [0.2, 0.25) is 0 Å². The molecule has 0 radical (unpaired) electrons. The van der Waals surface area contributed by atoms with Gasteiger partial charge in [-0.3, -0.25) is 4.79 Å². The molecule has 0 aromatic heterocycles. The summed E-state index contributed by atoms with van der Waals surface area (Å²) in [5.41, 5.74) is 0.550. The second-order valence-electron chi connectivity index (χ2n) is 3.76. The first-order valence-electron chi connectivity index (χ1n) is 5.06. The van der Waals surface area contributed by atoms with Crippen molar-refractivity contribution in [3.05, 3.63) is 33.3 Å². The van der Waals surface area contributed by atoms with E-state index in [9.17, 15) is 4.79 Å². The summed E-state index contributed by atoms with van der Waals surface area (Å²) in [5.74, 6) is -0.120. The molecule has 17 heavy (non-hydrogen) atoms. The van der Waals surface area contributed by atoms with Crippen LogP contribution in [0.3, 0.4) is 0 Å². The van der Waals surface area contributed by atoms with E-state index >= 15 is 0 Å². The SMILES string of the molecule is CC(CC#N)N(C)C(=O)c1ccc(Cl)c(Br)c1. The summed E-state index contributed by atoms with van der Waals surface area (Å²) >= 11 is 9.14. The van der Waals surface area contributed by atoms with Crippen molar-refractivity contribution in [2.45, 2.75) is 19.4 Å². The van der Waals surface area contributed by atoms with Crippen LogP contribution in [-0.2, 0) is 0 Å². The van der Waals surface area contributed by atoms with Gasteiger partial charge in [-0.15, -0.1) is 0 Å². The average Bonchev–Trinajstić information content (AvgIpc) is 2.31. The predicted molar refractivity (Wildman–Crippen MR) is 70.9 cm³/mol. The molecule has 0 aliphatic rings. The Morgan fingerprint density at radius 3 is 2.82 bits per heavy atom. The van der Waals surface area contributed by atoms with E-state index in [1.54, 1.807) is 30.1 Å². The number of nitrogens with zero attached hydrogens (tertiary/aromatic N) is 2. The lowest BCUT2D eigenvalue weighted by Gasteiger charge is -2.23. The highest BCUT2D eigenvalue weighted by Gasteiger charge is 2.17. The molecule has 1 rings (SSSR count). The van der Waals surface area contributed by atoms with Crippen LogP contribution >= 0.6 is 27.5 Å². The molecule has 1 aromatic rings. The Bertz CT molecular complexity index is 470. The number of nitriles is 1. The molecule has 0 N–H and O–H groups in total. The fourth-order valence-electron chi connectivity index (χ4n) is 1.30. The Morgan fingerprint density at radius 1 is 1.65 bits per heavy atom. The van der Waals surface area contributed by atoms with Crippen molar-refractivity contribution in [3.8, 4) is 6.07 Å². The smallest absolute Gasteiger partial charge is 0.253 e. The van der Waals surface area contributed by atoms with Crippen LogP contribution in [0, 0.1) is 11.3 Å². The van der Waals surface area contributed by atoms with Crippen molar-refractivity contribution in [3.63, 3.8) is 0 Å². The molecule has 1 aromatic carbocycles. The number of rotatable bonds is 3. The summed E-state index contributed by atoms with van der Waals surface area (Å²) in [6.45, 7) is 1.84. The van der Waals surface area contributed by atoms with Crippen molar-refractivity contribution in [2.75, 3.05) is 7.05 Å². The molecule has 0 fully saturated rings. The molecular weight excluding hydrogens is 304 g/mol. The molecule has 0 spiro atoms. The maximum atomic E-state index is 12.1. The second kappa shape index (κ2) is 6.04. The lowest BCUT2D eigenvalue weighted by molar-refractivity contribution is 0.0746. The van der Waals surface area contributed by atoms with Crippen LogP contribution in [0.5, 0.6) is 0 Å². The largest absolute Gasteiger partial charge is 0.338 e. The molecule has 0 aliphatic heterocycles. The lowest BCUT2D eigenvalue weighted by Crippen LogP contribution is -2.34. The Labute approximate surface area is 114 Å². The van der Waals surface area contributed by atoms with Crippen molar-refractivity contribution < 1.29 is 4.79 Å². The second-order valence-corrected chi connectivity index (χ2v) is 5.02. The van der Waals surface area contributed by atoms with E-state index in [0.717, 1.165) is 0 Å². The van der Waals surface area contributed by atoms with Crippen LogP contribution in [-0.4, -0.2) is 23.9 Å². The van der Waals surface area contributed by atoms with Gasteiger partial charge in [0.15, 0.2) is 0 Å². The fourth-order valence-corrected chi connectivity index (χ4v) is 1.80. The number of hydrogen-bond acceptors (Lipinski definition) is 2. The maximum absolute atomic E-state index is 12.1. The van der Waals surface area contributed by atoms with Crippen LogP contribution in [0.1, 0.15) is 23.7 Å². The van der Waals surface area contributed by atoms with Gasteiger partial charge < -0.3 is 4.90 Å². The van der Waals surface area contributed by atoms with Gasteiger partial charge in [-0.05, 0) is 41.1 Å². The number of carbonyl (C=O) groups is 1. The van der Waals surface area contributed by atoms with E-state index in [0.29, 0.717) is 21.5 Å². The molecule has 90 valence electrons. The zero-order chi connectivity index (χ0) is 13.0. The number of benzene rings is 1. The zero-order valence-electron chi connectivity index (χ0n) is 9.58. The number of halogens is 2. The Hall–Kier alpha value is -1.05. The molecular formula is C12H12BrClN2O. The first-order valence-corrected chi connectivity index (χ1v) is 6.23. The van der Waals surface area contributed by atoms with Crippen LogP contribution < -0.4 is 0 Å². The molecule has 0 saturated heterocycles. The monoisotopic (exact) mass is 314 g/mol. The summed E-state index contributed by atoms with van der Waals surface area (Å²) in [6, 6.07) is 6.96. The highest BCUT2D eigenvalue weighted by atomic mass is 79.9. The van der Waals surface area contributed by atoms with E-state index in [2.05, 4.69) is 22.0 Å². The van der Waals surface area contributed by atoms with Gasteiger partial charge in [0, 0.05) is 23.1 Å². The standard InChI is InChI=1S/C12H12BrClN2O/c1-8(5-6-15)16(2)12(17)9-3-4-11(14)10(13)7-9/h3-4,7-8H,5H2,1-2H3. The van der Waals surface area contributed by atoms with Crippen molar-refractivity contribution >= 4 is 33.4 Å². The molecule has 0 bridgehead atoms. The molecule has 0 aliphatic carbocycles. The molecule has 0 saturated carbocycles. The predicted octanol–water partition coefficient (Wildman–Crippen LogP) is 3.48. The van der Waals surface area contributed by atoms with Crippen LogP contribution in [0.15, 0.2) is 22.7 Å². The van der Waals surface area contributed by atoms with E-state index in [4.69, 9.17) is 16.9 Å². The average molecular weight is 316 g/mol. The summed E-state index contributed by atoms with van der Waals surface area (Å²) in [5, 5.41) is 9.17. The lowest BCUT2D eigenvalue weighted by atomic mass is 10.1. The minimum Gasteiger partial charge on any atom is -0.338 e. The van der Waals surface area contributed by atoms with Gasteiger partial charge in [0.1, 0.15) is 0 Å². The topological polar surface area (TPSA) is 44.1 Å². The van der Waals surface area contributed by atoms with E-state index < -0.39 is 0 Å². The van der Waals surface area contributed by atoms with E-state index in [1.165, 1.54) is 0 Å². The van der Waals surface area contributed by atoms with Crippen LogP contribution in [0.4, 0.5) is 0 Å². The Balaban J connectivity index is 2.89. The third kappa shape index (κ3) is 3.45. The van der Waals surface area contributed by atoms with E-state index in [-0.39, 0.29) is 11.9 Å². The summed E-state index contributed by atoms with van der Waals surface area (Å²) in [7, 11) is 1.69. The van der Waals surface area contributed by atoms with Gasteiger partial charge in [-0.2, -0.15) is 5.26 Å². The maximum Gasteiger partial charge on any atom is 0.253 e. The Morgan fingerprint density at radius 2 is 2.29 bits per heavy atom. The summed E-state index contributed by atoms with van der Waals surface area (Å²) in [4.78, 5) is 13.6. The molecule has 5 heteroatoms. The summed E-state index contributed by atoms with van der Waals surface area (Å²) in [6.07, 6.45) is 0.316. The third-order valence-electron chi connectivity index (χ3n) is 2.53. The number of carbonyl (C=O) groups excluding carboxylic acids is 1.